The van der Waals surface area contributed by atoms with Gasteiger partial charge < -0.3 is 40.3 Å². The molecule has 1 heterocycles. The van der Waals surface area contributed by atoms with Gasteiger partial charge in [-0.05, 0) is 83.5 Å². The molecule has 1 fully saturated rings. The zero-order chi connectivity index (χ0) is 64.2. The van der Waals surface area contributed by atoms with Gasteiger partial charge in [0.15, 0.2) is 6.29 Å². The van der Waals surface area contributed by atoms with E-state index in [1.807, 2.05) is 6.08 Å². The largest absolute Gasteiger partial charge is 0.394 e. The second-order valence-electron chi connectivity index (χ2n) is 26.1. The van der Waals surface area contributed by atoms with E-state index in [1.165, 1.54) is 250 Å². The smallest absolute Gasteiger partial charge is 0.220 e. The maximum absolute atomic E-state index is 13.2. The van der Waals surface area contributed by atoms with Crippen LogP contribution in [0.2, 0.25) is 0 Å². The molecule has 1 saturated heterocycles. The average Bonchev–Trinajstić information content (AvgIpc) is 2.28. The maximum Gasteiger partial charge on any atom is 0.220 e. The number of aliphatic hydroxyl groups is 5. The van der Waals surface area contributed by atoms with Crippen LogP contribution in [0, 0.1) is 0 Å². The fourth-order valence-electron chi connectivity index (χ4n) is 11.8. The molecule has 7 atom stereocenters. The van der Waals surface area contributed by atoms with Crippen LogP contribution in [-0.2, 0) is 14.3 Å². The van der Waals surface area contributed by atoms with Crippen molar-refractivity contribution in [3.63, 3.8) is 0 Å². The molecule has 1 aliphatic rings. The quantitative estimate of drug-likeness (QED) is 0.0261. The van der Waals surface area contributed by atoms with E-state index in [-0.39, 0.29) is 12.5 Å². The molecule has 7 unspecified atom stereocenters. The Kier molecular flexibility index (Phi) is 64.3. The first kappa shape index (κ1) is 84.1. The van der Waals surface area contributed by atoms with Crippen molar-refractivity contribution >= 4 is 5.91 Å². The Morgan fingerprint density at radius 2 is 0.708 bits per heavy atom. The lowest BCUT2D eigenvalue weighted by atomic mass is 9.99. The van der Waals surface area contributed by atoms with Crippen LogP contribution >= 0.6 is 0 Å². The SMILES string of the molecule is CC/C=C\C/C=C\C/C=C\C/C=C\C/C=C\C/C=C\CCCCCCCCCCCCCCCCC(=O)NC(COC1OC(CO)C(O)C(O)C1O)C(O)/C=C/CC/C=C/CCCCCCCCCCCCCCCCCCCCCCCCCCCCC. The zero-order valence-electron chi connectivity index (χ0n) is 57.9. The molecule has 516 valence electrons. The van der Waals surface area contributed by atoms with Gasteiger partial charge in [0.1, 0.15) is 24.4 Å². The third-order valence-electron chi connectivity index (χ3n) is 17.6. The van der Waals surface area contributed by atoms with Gasteiger partial charge in [0.2, 0.25) is 5.91 Å². The Hall–Kier alpha value is -2.89. The van der Waals surface area contributed by atoms with E-state index in [9.17, 15) is 30.3 Å². The highest BCUT2D eigenvalue weighted by Gasteiger charge is 2.44. The monoisotopic (exact) mass is 1250 g/mol. The summed E-state index contributed by atoms with van der Waals surface area (Å²) in [6.07, 6.45) is 92.5. The first-order valence-corrected chi connectivity index (χ1v) is 38.0. The van der Waals surface area contributed by atoms with Gasteiger partial charge in [-0.2, -0.15) is 0 Å². The van der Waals surface area contributed by atoms with E-state index in [2.05, 4.69) is 104 Å². The average molecular weight is 1250 g/mol. The number of allylic oxidation sites excluding steroid dienone is 15. The lowest BCUT2D eigenvalue weighted by molar-refractivity contribution is -0.302. The minimum absolute atomic E-state index is 0.186. The first-order chi connectivity index (χ1) is 43.8. The highest BCUT2D eigenvalue weighted by atomic mass is 16.7. The van der Waals surface area contributed by atoms with Crippen LogP contribution in [0.4, 0.5) is 0 Å². The number of ether oxygens (including phenoxy) is 2. The van der Waals surface area contributed by atoms with Crippen molar-refractivity contribution in [1.29, 1.82) is 0 Å². The summed E-state index contributed by atoms with van der Waals surface area (Å²) in [5.41, 5.74) is 0. The molecule has 1 amide bonds. The van der Waals surface area contributed by atoms with Gasteiger partial charge in [-0.3, -0.25) is 4.79 Å². The van der Waals surface area contributed by atoms with Crippen molar-refractivity contribution in [2.75, 3.05) is 13.2 Å². The van der Waals surface area contributed by atoms with E-state index >= 15 is 0 Å². The Morgan fingerprint density at radius 3 is 1.08 bits per heavy atom. The molecule has 0 spiro atoms. The molecule has 1 aliphatic heterocycles. The lowest BCUT2D eigenvalue weighted by Crippen LogP contribution is -2.60. The summed E-state index contributed by atoms with van der Waals surface area (Å²) in [7, 11) is 0. The van der Waals surface area contributed by atoms with Crippen LogP contribution < -0.4 is 5.32 Å². The van der Waals surface area contributed by atoms with E-state index in [1.54, 1.807) is 6.08 Å². The van der Waals surface area contributed by atoms with E-state index < -0.39 is 49.5 Å². The van der Waals surface area contributed by atoms with Crippen LogP contribution in [0.5, 0.6) is 0 Å². The van der Waals surface area contributed by atoms with Gasteiger partial charge in [-0.25, -0.2) is 0 Å². The van der Waals surface area contributed by atoms with Crippen molar-refractivity contribution in [3.05, 3.63) is 97.2 Å². The van der Waals surface area contributed by atoms with E-state index in [0.717, 1.165) is 77.0 Å². The topological polar surface area (TPSA) is 149 Å². The molecule has 0 radical (unpaired) electrons. The molecule has 0 aliphatic carbocycles. The Morgan fingerprint density at radius 1 is 0.393 bits per heavy atom. The van der Waals surface area contributed by atoms with Gasteiger partial charge in [0.05, 0.1) is 25.4 Å². The first-order valence-electron chi connectivity index (χ1n) is 38.0. The molecule has 9 heteroatoms. The number of hydrogen-bond donors (Lipinski definition) is 6. The Labute approximate surface area is 549 Å². The molecule has 9 nitrogen and oxygen atoms in total. The van der Waals surface area contributed by atoms with E-state index in [0.29, 0.717) is 6.42 Å². The van der Waals surface area contributed by atoms with Crippen LogP contribution in [-0.4, -0.2) is 87.5 Å². The molecule has 0 aromatic heterocycles. The zero-order valence-corrected chi connectivity index (χ0v) is 57.9. The molecular weight excluding hydrogens is 1100 g/mol. The van der Waals surface area contributed by atoms with Gasteiger partial charge in [-0.15, -0.1) is 0 Å². The minimum atomic E-state index is -1.58. The predicted octanol–water partition coefficient (Wildman–Crippen LogP) is 21.4. The Bertz CT molecular complexity index is 1730. The number of amides is 1. The molecular formula is C80H143NO8. The number of carbonyl (C=O) groups excluding carboxylic acids is 1. The summed E-state index contributed by atoms with van der Waals surface area (Å²) in [5, 5.41) is 54.8. The second-order valence-corrected chi connectivity index (χ2v) is 26.1. The summed E-state index contributed by atoms with van der Waals surface area (Å²) in [5.74, 6) is -0.186. The fourth-order valence-corrected chi connectivity index (χ4v) is 11.8. The third kappa shape index (κ3) is 56.4. The van der Waals surface area contributed by atoms with Crippen molar-refractivity contribution in [2.24, 2.45) is 0 Å². The number of aliphatic hydroxyl groups excluding tert-OH is 5. The van der Waals surface area contributed by atoms with Crippen LogP contribution in [0.25, 0.3) is 0 Å². The minimum Gasteiger partial charge on any atom is -0.394 e. The summed E-state index contributed by atoms with van der Waals surface area (Å²) >= 11 is 0. The molecule has 1 rings (SSSR count). The van der Waals surface area contributed by atoms with Crippen molar-refractivity contribution < 1.29 is 39.8 Å². The lowest BCUT2D eigenvalue weighted by Gasteiger charge is -2.40. The van der Waals surface area contributed by atoms with Gasteiger partial charge in [0, 0.05) is 6.42 Å². The molecule has 89 heavy (non-hydrogen) atoms. The van der Waals surface area contributed by atoms with Crippen molar-refractivity contribution in [1.82, 2.24) is 5.32 Å². The summed E-state index contributed by atoms with van der Waals surface area (Å²) in [6.45, 7) is 3.69. The number of hydrogen-bond acceptors (Lipinski definition) is 8. The fraction of sp³-hybridized carbons (Fsp3) is 0.787. The number of unbranched alkanes of at least 4 members (excludes halogenated alkanes) is 42. The van der Waals surface area contributed by atoms with Gasteiger partial charge in [0.25, 0.3) is 0 Å². The summed E-state index contributed by atoms with van der Waals surface area (Å²) in [4.78, 5) is 13.2. The molecule has 0 saturated carbocycles. The number of carbonyl (C=O) groups is 1. The predicted molar refractivity (Wildman–Crippen MR) is 382 cm³/mol. The molecule has 0 aromatic rings. The highest BCUT2D eigenvalue weighted by Crippen LogP contribution is 2.23. The number of rotatable bonds is 66. The van der Waals surface area contributed by atoms with Crippen molar-refractivity contribution in [3.8, 4) is 0 Å². The van der Waals surface area contributed by atoms with E-state index in [4.69, 9.17) is 9.47 Å². The standard InChI is InChI=1S/C80H143NO8/c1-3-5-7-9-11-13-15-17-19-21-23-25-27-29-31-33-35-37-39-41-43-45-47-49-51-53-55-57-59-61-63-65-67-69-74(83)73(72-88-80-79(87)78(86)77(85)75(71-82)89-80)81-76(84)70-68-66-64-62-60-58-56-54-52-50-48-46-44-42-40-38-36-34-32-30-28-26-24-22-20-18-16-14-12-10-8-6-4-2/h6,8,12,14,18,20,24,26,30,32,36,38,59,61,67,69,73-75,77-80,82-83,85-87H,3-5,7,9-11,13,15-17,19,21-23,25,27-29,31,33-35,37,39-58,60,62-66,68,70-72H2,1-2H3,(H,81,84)/b8-6-,14-12-,20-18-,26-24-,32-30-,38-36-,61-59+,69-67+. The summed E-state index contributed by atoms with van der Waals surface area (Å²) < 4.78 is 11.3. The van der Waals surface area contributed by atoms with Gasteiger partial charge >= 0.3 is 0 Å². The highest BCUT2D eigenvalue weighted by molar-refractivity contribution is 5.76. The second kappa shape index (κ2) is 68.0. The maximum atomic E-state index is 13.2. The van der Waals surface area contributed by atoms with Crippen LogP contribution in [0.1, 0.15) is 348 Å². The molecule has 0 aromatic carbocycles. The van der Waals surface area contributed by atoms with Gasteiger partial charge in [-0.1, -0.05) is 355 Å². The number of nitrogens with one attached hydrogen (secondary N) is 1. The summed E-state index contributed by atoms with van der Waals surface area (Å²) in [6, 6.07) is -0.830. The van der Waals surface area contributed by atoms with Crippen LogP contribution in [0.15, 0.2) is 97.2 Å². The third-order valence-corrected chi connectivity index (χ3v) is 17.6. The molecule has 6 N–H and O–H groups in total. The normalized spacial score (nSPS) is 18.4. The molecule has 0 bridgehead atoms. The van der Waals surface area contributed by atoms with Crippen LogP contribution in [0.3, 0.4) is 0 Å². The van der Waals surface area contributed by atoms with Crippen molar-refractivity contribution in [2.45, 2.75) is 391 Å². The Balaban J connectivity index is 2.12.